The second-order valence-electron chi connectivity index (χ2n) is 21.0. The molecule has 0 fully saturated rings. The monoisotopic (exact) mass is 983 g/mol. The fourth-order valence-electron chi connectivity index (χ4n) is 9.22. The van der Waals surface area contributed by atoms with Crippen molar-refractivity contribution in [2.45, 2.75) is 341 Å². The minimum Gasteiger partial charge on any atom is -0.462 e. The second-order valence-corrected chi connectivity index (χ2v) is 21.0. The van der Waals surface area contributed by atoms with Crippen LogP contribution in [0.25, 0.3) is 0 Å². The van der Waals surface area contributed by atoms with E-state index in [0.29, 0.717) is 19.3 Å². The van der Waals surface area contributed by atoms with E-state index >= 15 is 0 Å². The predicted octanol–water partition coefficient (Wildman–Crippen LogP) is 20.8. The maximum Gasteiger partial charge on any atom is 0.306 e. The highest BCUT2D eigenvalue weighted by Crippen LogP contribution is 2.17. The molecule has 1 unspecified atom stereocenters. The third-order valence-electron chi connectivity index (χ3n) is 13.9. The molecule has 0 aliphatic heterocycles. The Hall–Kier alpha value is -2.37. The van der Waals surface area contributed by atoms with Crippen LogP contribution in [0.5, 0.6) is 0 Å². The van der Waals surface area contributed by atoms with Crippen molar-refractivity contribution in [1.82, 2.24) is 0 Å². The van der Waals surface area contributed by atoms with Crippen molar-refractivity contribution >= 4 is 17.9 Å². The van der Waals surface area contributed by atoms with Gasteiger partial charge in [0.2, 0.25) is 0 Å². The number of ether oxygens (including phenoxy) is 3. The van der Waals surface area contributed by atoms with Crippen molar-refractivity contribution in [3.05, 3.63) is 36.5 Å². The fraction of sp³-hybridized carbons (Fsp3) is 0.859. The number of carbonyl (C=O) groups is 3. The summed E-state index contributed by atoms with van der Waals surface area (Å²) >= 11 is 0. The van der Waals surface area contributed by atoms with E-state index in [9.17, 15) is 14.4 Å². The Balaban J connectivity index is 4.02. The Morgan fingerprint density at radius 2 is 0.514 bits per heavy atom. The van der Waals surface area contributed by atoms with Crippen LogP contribution in [0.3, 0.4) is 0 Å². The Bertz CT molecular complexity index is 1170. The molecular formula is C64H118O6. The van der Waals surface area contributed by atoms with Gasteiger partial charge >= 0.3 is 17.9 Å². The molecule has 0 N–H and O–H groups in total. The minimum atomic E-state index is -0.773. The summed E-state index contributed by atoms with van der Waals surface area (Å²) in [7, 11) is 0. The lowest BCUT2D eigenvalue weighted by molar-refractivity contribution is -0.167. The molecule has 6 heteroatoms. The third kappa shape index (κ3) is 56.5. The Kier molecular flexibility index (Phi) is 57.2. The summed E-state index contributed by atoms with van der Waals surface area (Å²) in [6, 6.07) is 0. The van der Waals surface area contributed by atoms with Gasteiger partial charge in [-0.2, -0.15) is 0 Å². The van der Waals surface area contributed by atoms with Gasteiger partial charge in [0, 0.05) is 19.3 Å². The molecule has 0 aromatic rings. The highest BCUT2D eigenvalue weighted by Gasteiger charge is 2.19. The maximum absolute atomic E-state index is 12.8. The summed E-state index contributed by atoms with van der Waals surface area (Å²) in [5.74, 6) is -0.883. The average Bonchev–Trinajstić information content (AvgIpc) is 3.36. The topological polar surface area (TPSA) is 78.9 Å². The SMILES string of the molecule is CCCCCCC/C=C\C/C=C\C/C=C\CCCCCCCCC(=O)OC(COC(=O)CCCCCCC)COC(=O)CCCCCCCCCCCCCCCCCCCCCCCCCCCC. The zero-order valence-electron chi connectivity index (χ0n) is 47.1. The van der Waals surface area contributed by atoms with Crippen LogP contribution in [0.4, 0.5) is 0 Å². The smallest absolute Gasteiger partial charge is 0.306 e. The van der Waals surface area contributed by atoms with Crippen LogP contribution in [0.2, 0.25) is 0 Å². The molecule has 0 aromatic carbocycles. The number of esters is 3. The lowest BCUT2D eigenvalue weighted by Gasteiger charge is -2.18. The number of rotatable bonds is 57. The lowest BCUT2D eigenvalue weighted by Crippen LogP contribution is -2.30. The first-order chi connectivity index (χ1) is 34.5. The quantitative estimate of drug-likeness (QED) is 0.0261. The van der Waals surface area contributed by atoms with E-state index in [-0.39, 0.29) is 31.1 Å². The molecule has 0 rings (SSSR count). The maximum atomic E-state index is 12.8. The number of carbonyl (C=O) groups excluding carboxylic acids is 3. The first kappa shape index (κ1) is 67.6. The molecule has 0 amide bonds. The van der Waals surface area contributed by atoms with E-state index in [2.05, 4.69) is 57.2 Å². The summed E-state index contributed by atoms with van der Waals surface area (Å²) in [4.78, 5) is 37.9. The van der Waals surface area contributed by atoms with Crippen molar-refractivity contribution in [3.8, 4) is 0 Å². The lowest BCUT2D eigenvalue weighted by atomic mass is 10.0. The van der Waals surface area contributed by atoms with E-state index < -0.39 is 6.10 Å². The number of unbranched alkanes of at least 4 members (excludes halogenated alkanes) is 40. The first-order valence-electron chi connectivity index (χ1n) is 31.0. The van der Waals surface area contributed by atoms with Gasteiger partial charge in [-0.3, -0.25) is 14.4 Å². The van der Waals surface area contributed by atoms with Crippen molar-refractivity contribution in [2.75, 3.05) is 13.2 Å². The van der Waals surface area contributed by atoms with E-state index in [4.69, 9.17) is 14.2 Å². The van der Waals surface area contributed by atoms with Gasteiger partial charge < -0.3 is 14.2 Å². The van der Waals surface area contributed by atoms with Crippen LogP contribution >= 0.6 is 0 Å². The zero-order chi connectivity index (χ0) is 50.7. The van der Waals surface area contributed by atoms with Gasteiger partial charge in [-0.25, -0.2) is 0 Å². The zero-order valence-corrected chi connectivity index (χ0v) is 47.1. The number of allylic oxidation sites excluding steroid dienone is 6. The van der Waals surface area contributed by atoms with Gasteiger partial charge in [0.1, 0.15) is 13.2 Å². The predicted molar refractivity (Wildman–Crippen MR) is 302 cm³/mol. The first-order valence-corrected chi connectivity index (χ1v) is 31.0. The van der Waals surface area contributed by atoms with Crippen molar-refractivity contribution in [3.63, 3.8) is 0 Å². The molecule has 0 aliphatic carbocycles. The van der Waals surface area contributed by atoms with Crippen LogP contribution < -0.4 is 0 Å². The van der Waals surface area contributed by atoms with E-state index in [1.807, 2.05) is 0 Å². The van der Waals surface area contributed by atoms with Crippen molar-refractivity contribution < 1.29 is 28.6 Å². The molecule has 0 radical (unpaired) electrons. The normalized spacial score (nSPS) is 12.2. The van der Waals surface area contributed by atoms with Gasteiger partial charge in [-0.05, 0) is 57.8 Å². The van der Waals surface area contributed by atoms with Gasteiger partial charge in [-0.15, -0.1) is 0 Å². The second kappa shape index (κ2) is 59.2. The molecule has 6 nitrogen and oxygen atoms in total. The van der Waals surface area contributed by atoms with Crippen LogP contribution in [-0.2, 0) is 28.6 Å². The van der Waals surface area contributed by atoms with Crippen LogP contribution in [0.15, 0.2) is 36.5 Å². The van der Waals surface area contributed by atoms with E-state index in [0.717, 1.165) is 83.5 Å². The largest absolute Gasteiger partial charge is 0.462 e. The average molecular weight is 984 g/mol. The molecule has 410 valence electrons. The Morgan fingerprint density at radius 3 is 0.800 bits per heavy atom. The highest BCUT2D eigenvalue weighted by molar-refractivity contribution is 5.71. The molecule has 0 aliphatic rings. The van der Waals surface area contributed by atoms with Gasteiger partial charge in [-0.1, -0.05) is 295 Å². The summed E-state index contributed by atoms with van der Waals surface area (Å²) in [6.45, 7) is 6.58. The van der Waals surface area contributed by atoms with Crippen LogP contribution in [0, 0.1) is 0 Å². The summed E-state index contributed by atoms with van der Waals surface area (Å²) < 4.78 is 16.8. The molecule has 0 spiro atoms. The molecule has 70 heavy (non-hydrogen) atoms. The number of hydrogen-bond acceptors (Lipinski definition) is 6. The minimum absolute atomic E-state index is 0.0742. The van der Waals surface area contributed by atoms with Gasteiger partial charge in [0.15, 0.2) is 6.10 Å². The van der Waals surface area contributed by atoms with Crippen molar-refractivity contribution in [2.24, 2.45) is 0 Å². The fourth-order valence-corrected chi connectivity index (χ4v) is 9.22. The molecule has 0 bridgehead atoms. The van der Waals surface area contributed by atoms with E-state index in [1.165, 1.54) is 212 Å². The Morgan fingerprint density at radius 1 is 0.286 bits per heavy atom. The van der Waals surface area contributed by atoms with Crippen LogP contribution in [0.1, 0.15) is 335 Å². The Labute approximate surface area is 435 Å². The molecule has 1 atom stereocenters. The van der Waals surface area contributed by atoms with Crippen molar-refractivity contribution in [1.29, 1.82) is 0 Å². The van der Waals surface area contributed by atoms with E-state index in [1.54, 1.807) is 0 Å². The third-order valence-corrected chi connectivity index (χ3v) is 13.9. The summed E-state index contributed by atoms with van der Waals surface area (Å²) in [6.07, 6.45) is 72.0. The highest BCUT2D eigenvalue weighted by atomic mass is 16.6. The molecule has 0 aromatic heterocycles. The van der Waals surface area contributed by atoms with Crippen LogP contribution in [-0.4, -0.2) is 37.2 Å². The molecule has 0 saturated carbocycles. The number of hydrogen-bond donors (Lipinski definition) is 0. The van der Waals surface area contributed by atoms with Gasteiger partial charge in [0.25, 0.3) is 0 Å². The summed E-state index contributed by atoms with van der Waals surface area (Å²) in [5.41, 5.74) is 0. The molecular weight excluding hydrogens is 865 g/mol. The standard InChI is InChI=1S/C64H118O6/c1-4-7-10-13-15-17-19-21-23-25-27-29-30-31-32-33-35-36-38-40-42-44-46-48-51-54-57-63(66)69-60-61(59-68-62(65)56-53-50-12-9-6-3)70-64(67)58-55-52-49-47-45-43-41-39-37-34-28-26-24-22-20-18-16-14-11-8-5-2/h20,22,26,28,37,39,61H,4-19,21,23-25,27,29-36,38,40-60H2,1-3H3/b22-20-,28-26-,39-37-. The molecule has 0 saturated heterocycles. The van der Waals surface area contributed by atoms with Gasteiger partial charge in [0.05, 0.1) is 0 Å². The molecule has 0 heterocycles. The summed E-state index contributed by atoms with van der Waals surface area (Å²) in [5, 5.41) is 0.